The summed E-state index contributed by atoms with van der Waals surface area (Å²) >= 11 is 0. The summed E-state index contributed by atoms with van der Waals surface area (Å²) in [5.41, 5.74) is 0.797. The van der Waals surface area contributed by atoms with Gasteiger partial charge in [-0.25, -0.2) is 0 Å². The lowest BCUT2D eigenvalue weighted by molar-refractivity contribution is -0.135. The largest absolute Gasteiger partial charge is 0.478 e. The first-order valence-corrected chi connectivity index (χ1v) is 9.14. The number of ether oxygens (including phenoxy) is 2. The number of hydrogen-bond acceptors (Lipinski definition) is 4. The third-order valence-electron chi connectivity index (χ3n) is 5.03. The second-order valence-corrected chi connectivity index (χ2v) is 7.52. The highest BCUT2D eigenvalue weighted by molar-refractivity contribution is 5.98. The number of Topliss-reactive ketones (excluding diaryl/α,β-unsaturated/α-hetero) is 1. The number of hydrogen-bond donors (Lipinski definition) is 1. The quantitative estimate of drug-likeness (QED) is 0.891. The van der Waals surface area contributed by atoms with Crippen molar-refractivity contribution in [3.8, 4) is 5.75 Å². The van der Waals surface area contributed by atoms with E-state index in [0.717, 1.165) is 43.4 Å². The number of rotatable bonds is 5. The van der Waals surface area contributed by atoms with Crippen LogP contribution in [0.25, 0.3) is 0 Å². The predicted molar refractivity (Wildman–Crippen MR) is 95.0 cm³/mol. The molecule has 0 spiro atoms. The number of carbonyl (C=O) groups excluding carboxylic acids is 2. The summed E-state index contributed by atoms with van der Waals surface area (Å²) in [4.78, 5) is 24.6. The number of carbonyl (C=O) groups is 2. The van der Waals surface area contributed by atoms with E-state index in [2.05, 4.69) is 5.32 Å². The molecule has 1 N–H and O–H groups in total. The van der Waals surface area contributed by atoms with Crippen LogP contribution in [-0.4, -0.2) is 36.0 Å². The zero-order chi connectivity index (χ0) is 18.0. The molecule has 0 radical (unpaired) electrons. The van der Waals surface area contributed by atoms with E-state index in [-0.39, 0.29) is 23.8 Å². The van der Waals surface area contributed by atoms with Crippen molar-refractivity contribution in [2.24, 2.45) is 0 Å². The monoisotopic (exact) mass is 345 g/mol. The molecule has 1 fully saturated rings. The van der Waals surface area contributed by atoms with Crippen LogP contribution in [0, 0.1) is 0 Å². The minimum absolute atomic E-state index is 0.0426. The molecule has 1 saturated heterocycles. The Kier molecular flexibility index (Phi) is 5.13. The highest BCUT2D eigenvalue weighted by atomic mass is 16.5. The second-order valence-electron chi connectivity index (χ2n) is 7.52. The normalized spacial score (nSPS) is 21.6. The molecule has 2 atom stereocenters. The van der Waals surface area contributed by atoms with Crippen molar-refractivity contribution in [3.63, 3.8) is 0 Å². The molecular weight excluding hydrogens is 318 g/mol. The molecule has 25 heavy (non-hydrogen) atoms. The zero-order valence-electron chi connectivity index (χ0n) is 15.3. The Hall–Kier alpha value is -1.88. The molecule has 136 valence electrons. The SMILES string of the molecule is C[C@H](NC(=O)C(C)(C)Oc1ccc2c(c1)CCCC2=O)[C@H]1CCCO1. The maximum Gasteiger partial charge on any atom is 0.263 e. The first kappa shape index (κ1) is 17.9. The van der Waals surface area contributed by atoms with Crippen LogP contribution in [0.15, 0.2) is 18.2 Å². The van der Waals surface area contributed by atoms with Crippen molar-refractivity contribution in [1.29, 1.82) is 0 Å². The van der Waals surface area contributed by atoms with Gasteiger partial charge in [0.2, 0.25) is 0 Å². The van der Waals surface area contributed by atoms with Crippen LogP contribution in [0.4, 0.5) is 0 Å². The van der Waals surface area contributed by atoms with Gasteiger partial charge in [0.15, 0.2) is 11.4 Å². The van der Waals surface area contributed by atoms with Gasteiger partial charge in [-0.05, 0) is 70.2 Å². The molecule has 0 bridgehead atoms. The smallest absolute Gasteiger partial charge is 0.263 e. The standard InChI is InChI=1S/C20H27NO4/c1-13(18-8-5-11-24-18)21-19(23)20(2,3)25-15-9-10-16-14(12-15)6-4-7-17(16)22/h9-10,12-13,18H,4-8,11H2,1-3H3,(H,21,23)/t13-,18+/m0/s1. The van der Waals surface area contributed by atoms with Gasteiger partial charge >= 0.3 is 0 Å². The average molecular weight is 345 g/mol. The van der Waals surface area contributed by atoms with Crippen LogP contribution in [0.5, 0.6) is 5.75 Å². The lowest BCUT2D eigenvalue weighted by Gasteiger charge is -2.29. The molecular formula is C20H27NO4. The van der Waals surface area contributed by atoms with Gasteiger partial charge in [0, 0.05) is 18.6 Å². The van der Waals surface area contributed by atoms with Crippen molar-refractivity contribution < 1.29 is 19.1 Å². The van der Waals surface area contributed by atoms with Gasteiger partial charge in [-0.1, -0.05) is 0 Å². The Labute approximate surface area is 149 Å². The third kappa shape index (κ3) is 4.03. The summed E-state index contributed by atoms with van der Waals surface area (Å²) in [6, 6.07) is 5.44. The van der Waals surface area contributed by atoms with Crippen LogP contribution in [0.3, 0.4) is 0 Å². The van der Waals surface area contributed by atoms with Crippen molar-refractivity contribution in [2.75, 3.05) is 6.61 Å². The van der Waals surface area contributed by atoms with Crippen molar-refractivity contribution in [1.82, 2.24) is 5.32 Å². The number of ketones is 1. The van der Waals surface area contributed by atoms with E-state index >= 15 is 0 Å². The lowest BCUT2D eigenvalue weighted by atomic mass is 9.90. The van der Waals surface area contributed by atoms with E-state index in [0.29, 0.717) is 12.2 Å². The number of benzene rings is 1. The van der Waals surface area contributed by atoms with E-state index in [1.807, 2.05) is 19.1 Å². The van der Waals surface area contributed by atoms with Crippen LogP contribution in [-0.2, 0) is 16.0 Å². The average Bonchev–Trinajstić information content (AvgIpc) is 3.09. The number of nitrogens with one attached hydrogen (secondary N) is 1. The van der Waals surface area contributed by atoms with Crippen LogP contribution >= 0.6 is 0 Å². The Morgan fingerprint density at radius 3 is 2.84 bits per heavy atom. The fourth-order valence-electron chi connectivity index (χ4n) is 3.50. The summed E-state index contributed by atoms with van der Waals surface area (Å²) in [6.07, 6.45) is 4.45. The van der Waals surface area contributed by atoms with E-state index in [1.54, 1.807) is 19.9 Å². The van der Waals surface area contributed by atoms with Crippen molar-refractivity contribution in [2.45, 2.75) is 70.6 Å². The molecule has 1 amide bonds. The van der Waals surface area contributed by atoms with Gasteiger partial charge < -0.3 is 14.8 Å². The van der Waals surface area contributed by atoms with E-state index < -0.39 is 5.60 Å². The van der Waals surface area contributed by atoms with Crippen LogP contribution < -0.4 is 10.1 Å². The number of aryl methyl sites for hydroxylation is 1. The molecule has 1 aromatic rings. The molecule has 0 aromatic heterocycles. The minimum Gasteiger partial charge on any atom is -0.478 e. The molecule has 0 unspecified atom stereocenters. The molecule has 1 aromatic carbocycles. The van der Waals surface area contributed by atoms with E-state index in [4.69, 9.17) is 9.47 Å². The molecule has 5 heteroatoms. The number of amides is 1. The van der Waals surface area contributed by atoms with Gasteiger partial charge in [0.05, 0.1) is 12.1 Å². The van der Waals surface area contributed by atoms with Crippen LogP contribution in [0.1, 0.15) is 62.4 Å². The molecule has 3 rings (SSSR count). The molecule has 5 nitrogen and oxygen atoms in total. The van der Waals surface area contributed by atoms with Gasteiger partial charge in [-0.2, -0.15) is 0 Å². The first-order chi connectivity index (χ1) is 11.9. The van der Waals surface area contributed by atoms with Crippen molar-refractivity contribution in [3.05, 3.63) is 29.3 Å². The Morgan fingerprint density at radius 2 is 2.12 bits per heavy atom. The van der Waals surface area contributed by atoms with Crippen molar-refractivity contribution >= 4 is 11.7 Å². The maximum absolute atomic E-state index is 12.6. The Bertz CT molecular complexity index is 662. The summed E-state index contributed by atoms with van der Waals surface area (Å²) < 4.78 is 11.6. The zero-order valence-corrected chi connectivity index (χ0v) is 15.3. The third-order valence-corrected chi connectivity index (χ3v) is 5.03. The maximum atomic E-state index is 12.6. The molecule has 1 aliphatic heterocycles. The van der Waals surface area contributed by atoms with Gasteiger partial charge in [0.25, 0.3) is 5.91 Å². The minimum atomic E-state index is -1.00. The topological polar surface area (TPSA) is 64.6 Å². The number of fused-ring (bicyclic) bond motifs is 1. The summed E-state index contributed by atoms with van der Waals surface area (Å²) in [6.45, 7) is 6.25. The Morgan fingerprint density at radius 1 is 1.32 bits per heavy atom. The fraction of sp³-hybridized carbons (Fsp3) is 0.600. The predicted octanol–water partition coefficient (Wildman–Crippen LogP) is 3.05. The summed E-state index contributed by atoms with van der Waals surface area (Å²) in [5.74, 6) is 0.651. The van der Waals surface area contributed by atoms with Gasteiger partial charge in [0.1, 0.15) is 5.75 Å². The molecule has 1 heterocycles. The molecule has 2 aliphatic rings. The molecule has 1 aliphatic carbocycles. The first-order valence-electron chi connectivity index (χ1n) is 9.14. The fourth-order valence-corrected chi connectivity index (χ4v) is 3.50. The van der Waals surface area contributed by atoms with E-state index in [9.17, 15) is 9.59 Å². The highest BCUT2D eigenvalue weighted by Gasteiger charge is 2.33. The van der Waals surface area contributed by atoms with Gasteiger partial charge in [-0.3, -0.25) is 9.59 Å². The highest BCUT2D eigenvalue weighted by Crippen LogP contribution is 2.27. The van der Waals surface area contributed by atoms with Crippen LogP contribution in [0.2, 0.25) is 0 Å². The lowest BCUT2D eigenvalue weighted by Crippen LogP contribution is -2.52. The van der Waals surface area contributed by atoms with E-state index in [1.165, 1.54) is 0 Å². The van der Waals surface area contributed by atoms with Gasteiger partial charge in [-0.15, -0.1) is 0 Å². The second kappa shape index (κ2) is 7.16. The molecule has 0 saturated carbocycles. The Balaban J connectivity index is 1.66. The summed E-state index contributed by atoms with van der Waals surface area (Å²) in [7, 11) is 0. The summed E-state index contributed by atoms with van der Waals surface area (Å²) in [5, 5.41) is 3.01.